The zero-order chi connectivity index (χ0) is 15.1. The number of nitrogens with zero attached hydrogens (tertiary/aromatic N) is 3. The van der Waals surface area contributed by atoms with Crippen molar-refractivity contribution in [3.8, 4) is 5.75 Å². The maximum absolute atomic E-state index is 6.14. The van der Waals surface area contributed by atoms with E-state index in [0.29, 0.717) is 5.95 Å². The SMILES string of the molecule is COc1ccc2nc(N)n(C(C)c3sc(C)nc3C)c2c1. The number of thiazole rings is 1. The number of ether oxygens (including phenoxy) is 1. The summed E-state index contributed by atoms with van der Waals surface area (Å²) in [5.74, 6) is 1.31. The first-order valence-electron chi connectivity index (χ1n) is 6.76. The first-order valence-corrected chi connectivity index (χ1v) is 7.58. The third-order valence-electron chi connectivity index (χ3n) is 3.63. The highest BCUT2D eigenvalue weighted by Gasteiger charge is 2.20. The Morgan fingerprint density at radius 3 is 2.67 bits per heavy atom. The number of aromatic nitrogens is 3. The fraction of sp³-hybridized carbons (Fsp3) is 0.333. The zero-order valence-electron chi connectivity index (χ0n) is 12.5. The summed E-state index contributed by atoms with van der Waals surface area (Å²) in [5, 5.41) is 1.06. The number of aryl methyl sites for hydroxylation is 2. The van der Waals surface area contributed by atoms with Crippen LogP contribution in [-0.2, 0) is 0 Å². The Kier molecular flexibility index (Phi) is 3.33. The van der Waals surface area contributed by atoms with Crippen LogP contribution in [0.2, 0.25) is 0 Å². The minimum Gasteiger partial charge on any atom is -0.497 e. The van der Waals surface area contributed by atoms with Crippen molar-refractivity contribution in [3.05, 3.63) is 33.8 Å². The maximum Gasteiger partial charge on any atom is 0.201 e. The topological polar surface area (TPSA) is 66.0 Å². The fourth-order valence-electron chi connectivity index (χ4n) is 2.68. The minimum atomic E-state index is 0.0910. The monoisotopic (exact) mass is 302 g/mol. The molecule has 0 saturated carbocycles. The number of anilines is 1. The number of imidazole rings is 1. The molecule has 1 unspecified atom stereocenters. The predicted molar refractivity (Wildman–Crippen MR) is 86.1 cm³/mol. The van der Waals surface area contributed by atoms with Crippen molar-refractivity contribution in [3.63, 3.8) is 0 Å². The predicted octanol–water partition coefficient (Wildman–Crippen LogP) is 3.31. The van der Waals surface area contributed by atoms with Crippen molar-refractivity contribution in [2.24, 2.45) is 0 Å². The smallest absolute Gasteiger partial charge is 0.201 e. The van der Waals surface area contributed by atoms with Crippen molar-refractivity contribution in [1.29, 1.82) is 0 Å². The van der Waals surface area contributed by atoms with Crippen LogP contribution in [0.1, 0.15) is 28.5 Å². The van der Waals surface area contributed by atoms with E-state index in [0.717, 1.165) is 27.5 Å². The van der Waals surface area contributed by atoms with E-state index in [1.165, 1.54) is 4.88 Å². The Morgan fingerprint density at radius 2 is 2.05 bits per heavy atom. The number of nitrogens with two attached hydrogens (primary N) is 1. The van der Waals surface area contributed by atoms with Gasteiger partial charge in [-0.1, -0.05) is 0 Å². The summed E-state index contributed by atoms with van der Waals surface area (Å²) in [6.07, 6.45) is 0. The van der Waals surface area contributed by atoms with E-state index in [2.05, 4.69) is 16.9 Å². The first-order chi connectivity index (χ1) is 10.0. The summed E-state index contributed by atoms with van der Waals surface area (Å²) < 4.78 is 7.35. The number of rotatable bonds is 3. The van der Waals surface area contributed by atoms with Crippen molar-refractivity contribution >= 4 is 28.3 Å². The number of fused-ring (bicyclic) bond motifs is 1. The van der Waals surface area contributed by atoms with Gasteiger partial charge in [-0.05, 0) is 32.9 Å². The molecule has 1 atom stereocenters. The molecule has 6 heteroatoms. The van der Waals surface area contributed by atoms with Gasteiger partial charge in [-0.25, -0.2) is 9.97 Å². The lowest BCUT2D eigenvalue weighted by atomic mass is 10.2. The molecule has 3 aromatic rings. The van der Waals surface area contributed by atoms with Gasteiger partial charge in [0.2, 0.25) is 5.95 Å². The van der Waals surface area contributed by atoms with E-state index in [1.54, 1.807) is 18.4 Å². The molecule has 1 aromatic carbocycles. The van der Waals surface area contributed by atoms with Gasteiger partial charge in [-0.15, -0.1) is 11.3 Å². The second-order valence-electron chi connectivity index (χ2n) is 5.05. The van der Waals surface area contributed by atoms with Crippen LogP contribution in [0.3, 0.4) is 0 Å². The highest BCUT2D eigenvalue weighted by Crippen LogP contribution is 2.33. The van der Waals surface area contributed by atoms with Crippen molar-refractivity contribution < 1.29 is 4.74 Å². The van der Waals surface area contributed by atoms with Crippen LogP contribution in [0.15, 0.2) is 18.2 Å². The number of hydrogen-bond acceptors (Lipinski definition) is 5. The maximum atomic E-state index is 6.14. The molecule has 5 nitrogen and oxygen atoms in total. The van der Waals surface area contributed by atoms with Crippen LogP contribution in [0.25, 0.3) is 11.0 Å². The summed E-state index contributed by atoms with van der Waals surface area (Å²) in [4.78, 5) is 10.2. The van der Waals surface area contributed by atoms with E-state index in [1.807, 2.05) is 36.6 Å². The quantitative estimate of drug-likeness (QED) is 0.806. The molecular formula is C15H18N4OS. The number of nitrogen functional groups attached to an aromatic ring is 1. The number of methoxy groups -OCH3 is 1. The highest BCUT2D eigenvalue weighted by atomic mass is 32.1. The number of hydrogen-bond donors (Lipinski definition) is 1. The molecule has 2 N–H and O–H groups in total. The second-order valence-corrected chi connectivity index (χ2v) is 6.29. The van der Waals surface area contributed by atoms with Crippen LogP contribution in [0.4, 0.5) is 5.95 Å². The molecule has 21 heavy (non-hydrogen) atoms. The Bertz CT molecular complexity index is 805. The lowest BCUT2D eigenvalue weighted by molar-refractivity contribution is 0.415. The highest BCUT2D eigenvalue weighted by molar-refractivity contribution is 7.11. The molecule has 0 spiro atoms. The van der Waals surface area contributed by atoms with Gasteiger partial charge in [0, 0.05) is 6.07 Å². The van der Waals surface area contributed by atoms with Crippen LogP contribution in [0, 0.1) is 13.8 Å². The Hall–Kier alpha value is -2.08. The molecule has 0 aliphatic carbocycles. The van der Waals surface area contributed by atoms with Crippen molar-refractivity contribution in [1.82, 2.24) is 14.5 Å². The number of benzene rings is 1. The molecule has 0 aliphatic rings. The molecule has 2 heterocycles. The zero-order valence-corrected chi connectivity index (χ0v) is 13.4. The van der Waals surface area contributed by atoms with E-state index in [-0.39, 0.29) is 6.04 Å². The van der Waals surface area contributed by atoms with E-state index in [4.69, 9.17) is 10.5 Å². The second kappa shape index (κ2) is 5.04. The van der Waals surface area contributed by atoms with Crippen LogP contribution >= 0.6 is 11.3 Å². The standard InChI is InChI=1S/C15H18N4OS/c1-8-14(21-10(3)17-8)9(2)19-13-7-11(20-4)5-6-12(13)18-15(19)16/h5-7,9H,1-4H3,(H2,16,18). The van der Waals surface area contributed by atoms with Gasteiger partial charge in [0.25, 0.3) is 0 Å². The average Bonchev–Trinajstić information content (AvgIpc) is 2.95. The Balaban J connectivity index is 2.18. The van der Waals surface area contributed by atoms with Crippen LogP contribution in [-0.4, -0.2) is 21.6 Å². The Labute approximate surface area is 127 Å². The van der Waals surface area contributed by atoms with E-state index in [9.17, 15) is 0 Å². The van der Waals surface area contributed by atoms with Crippen LogP contribution < -0.4 is 10.5 Å². The largest absolute Gasteiger partial charge is 0.497 e. The van der Waals surface area contributed by atoms with Crippen molar-refractivity contribution in [2.45, 2.75) is 26.8 Å². The molecule has 0 saturated heterocycles. The molecule has 0 amide bonds. The normalized spacial score (nSPS) is 12.8. The van der Waals surface area contributed by atoms with Gasteiger partial charge in [-0.3, -0.25) is 0 Å². The molecule has 2 aromatic heterocycles. The average molecular weight is 302 g/mol. The summed E-state index contributed by atoms with van der Waals surface area (Å²) in [7, 11) is 1.66. The summed E-state index contributed by atoms with van der Waals surface area (Å²) in [6.45, 7) is 6.18. The minimum absolute atomic E-state index is 0.0910. The van der Waals surface area contributed by atoms with E-state index < -0.39 is 0 Å². The molecule has 110 valence electrons. The molecular weight excluding hydrogens is 284 g/mol. The lowest BCUT2D eigenvalue weighted by Crippen LogP contribution is -2.10. The fourth-order valence-corrected chi connectivity index (χ4v) is 3.65. The van der Waals surface area contributed by atoms with Gasteiger partial charge in [0.1, 0.15) is 5.75 Å². The van der Waals surface area contributed by atoms with E-state index >= 15 is 0 Å². The van der Waals surface area contributed by atoms with Gasteiger partial charge >= 0.3 is 0 Å². The molecule has 0 aliphatic heterocycles. The molecule has 0 bridgehead atoms. The van der Waals surface area contributed by atoms with Crippen molar-refractivity contribution in [2.75, 3.05) is 12.8 Å². The molecule has 0 fully saturated rings. The van der Waals surface area contributed by atoms with Gasteiger partial charge in [0.15, 0.2) is 0 Å². The summed E-state index contributed by atoms with van der Waals surface area (Å²) >= 11 is 1.70. The van der Waals surface area contributed by atoms with Gasteiger partial charge in [-0.2, -0.15) is 0 Å². The third-order valence-corrected chi connectivity index (χ3v) is 4.87. The van der Waals surface area contributed by atoms with Gasteiger partial charge < -0.3 is 15.0 Å². The molecule has 3 rings (SSSR count). The van der Waals surface area contributed by atoms with Gasteiger partial charge in [0.05, 0.1) is 39.8 Å². The summed E-state index contributed by atoms with van der Waals surface area (Å²) in [5.41, 5.74) is 9.04. The first kappa shape index (κ1) is 13.9. The molecule has 0 radical (unpaired) electrons. The lowest BCUT2D eigenvalue weighted by Gasteiger charge is -2.15. The Morgan fingerprint density at radius 1 is 1.29 bits per heavy atom. The van der Waals surface area contributed by atoms with Crippen LogP contribution in [0.5, 0.6) is 5.75 Å². The summed E-state index contributed by atoms with van der Waals surface area (Å²) in [6, 6.07) is 5.89. The third kappa shape index (κ3) is 2.25.